The van der Waals surface area contributed by atoms with E-state index >= 15 is 0 Å². The van der Waals surface area contributed by atoms with Gasteiger partial charge in [0.15, 0.2) is 5.16 Å². The molecule has 0 aliphatic heterocycles. The molecule has 1 atom stereocenters. The van der Waals surface area contributed by atoms with Crippen LogP contribution >= 0.6 is 23.1 Å². The van der Waals surface area contributed by atoms with Gasteiger partial charge in [-0.25, -0.2) is 4.98 Å². The van der Waals surface area contributed by atoms with Gasteiger partial charge < -0.3 is 0 Å². The lowest BCUT2D eigenvalue weighted by Gasteiger charge is -2.33. The summed E-state index contributed by atoms with van der Waals surface area (Å²) in [5.74, 6) is 1.67. The van der Waals surface area contributed by atoms with E-state index in [2.05, 4.69) is 27.7 Å². The number of thiophene rings is 1. The molecule has 1 aliphatic carbocycles. The highest BCUT2D eigenvalue weighted by atomic mass is 32.2. The Balaban J connectivity index is 1.66. The first-order valence-electron chi connectivity index (χ1n) is 12.7. The van der Waals surface area contributed by atoms with E-state index in [0.717, 1.165) is 46.1 Å². The van der Waals surface area contributed by atoms with E-state index < -0.39 is 0 Å². The van der Waals surface area contributed by atoms with Crippen LogP contribution in [0.4, 0.5) is 0 Å². The molecule has 5 heteroatoms. The average Bonchev–Trinajstić information content (AvgIpc) is 3.16. The molecule has 1 aromatic carbocycles. The van der Waals surface area contributed by atoms with Gasteiger partial charge in [0.1, 0.15) is 4.83 Å². The van der Waals surface area contributed by atoms with Gasteiger partial charge in [0.2, 0.25) is 0 Å². The van der Waals surface area contributed by atoms with Crippen LogP contribution in [-0.2, 0) is 12.8 Å². The van der Waals surface area contributed by atoms with Gasteiger partial charge in [0, 0.05) is 10.6 Å². The number of hydrogen-bond donors (Lipinski definition) is 0. The summed E-state index contributed by atoms with van der Waals surface area (Å²) in [7, 11) is 0. The van der Waals surface area contributed by atoms with Crippen molar-refractivity contribution in [2.45, 2.75) is 90.6 Å². The third-order valence-electron chi connectivity index (χ3n) is 7.02. The number of rotatable bonds is 9. The van der Waals surface area contributed by atoms with Crippen molar-refractivity contribution >= 4 is 33.3 Å². The van der Waals surface area contributed by atoms with Gasteiger partial charge in [0.25, 0.3) is 5.56 Å². The van der Waals surface area contributed by atoms with Crippen molar-refractivity contribution in [2.24, 2.45) is 11.3 Å². The van der Waals surface area contributed by atoms with E-state index in [0.29, 0.717) is 11.3 Å². The van der Waals surface area contributed by atoms with E-state index in [4.69, 9.17) is 4.98 Å². The van der Waals surface area contributed by atoms with E-state index in [9.17, 15) is 4.79 Å². The fourth-order valence-electron chi connectivity index (χ4n) is 4.89. The summed E-state index contributed by atoms with van der Waals surface area (Å²) in [4.78, 5) is 21.3. The van der Waals surface area contributed by atoms with Gasteiger partial charge >= 0.3 is 0 Å². The predicted octanol–water partition coefficient (Wildman–Crippen LogP) is 8.05. The minimum Gasteiger partial charge on any atom is -0.268 e. The Bertz CT molecular complexity index is 1120. The highest BCUT2D eigenvalue weighted by molar-refractivity contribution is 7.99. The van der Waals surface area contributed by atoms with Crippen molar-refractivity contribution in [1.29, 1.82) is 0 Å². The molecule has 1 unspecified atom stereocenters. The lowest BCUT2D eigenvalue weighted by molar-refractivity contribution is 0.218. The Kier molecular flexibility index (Phi) is 8.01. The summed E-state index contributed by atoms with van der Waals surface area (Å²) in [6, 6.07) is 10.1. The standard InChI is InChI=1S/C28H38N2OS2/c1-5-6-7-8-9-13-18-32-27-29-25-24(26(31)30(27)21-14-11-10-12-15-21)22-17-16-20(28(2,3)4)19-23(22)33-25/h10-12,14-15,20H,5-9,13,16-19H2,1-4H3. The monoisotopic (exact) mass is 482 g/mol. The average molecular weight is 483 g/mol. The Morgan fingerprint density at radius 1 is 1.09 bits per heavy atom. The highest BCUT2D eigenvalue weighted by Gasteiger charge is 2.32. The molecule has 178 valence electrons. The Morgan fingerprint density at radius 2 is 1.82 bits per heavy atom. The molecule has 0 radical (unpaired) electrons. The van der Waals surface area contributed by atoms with E-state index in [1.54, 1.807) is 23.1 Å². The van der Waals surface area contributed by atoms with Gasteiger partial charge in [-0.1, -0.05) is 89.8 Å². The van der Waals surface area contributed by atoms with E-state index in [1.807, 2.05) is 34.9 Å². The van der Waals surface area contributed by atoms with Crippen LogP contribution in [0, 0.1) is 11.3 Å². The first kappa shape index (κ1) is 24.5. The fourth-order valence-corrected chi connectivity index (χ4v) is 7.24. The van der Waals surface area contributed by atoms with Gasteiger partial charge in [-0.3, -0.25) is 9.36 Å². The molecule has 0 fully saturated rings. The van der Waals surface area contributed by atoms with Crippen LogP contribution in [0.3, 0.4) is 0 Å². The normalized spacial score (nSPS) is 16.3. The number of benzene rings is 1. The number of para-hydroxylation sites is 1. The van der Waals surface area contributed by atoms with Gasteiger partial charge in [-0.2, -0.15) is 0 Å². The zero-order valence-corrected chi connectivity index (χ0v) is 22.3. The largest absolute Gasteiger partial charge is 0.268 e. The van der Waals surface area contributed by atoms with E-state index in [-0.39, 0.29) is 5.56 Å². The molecule has 4 rings (SSSR count). The lowest BCUT2D eigenvalue weighted by atomic mass is 9.72. The predicted molar refractivity (Wildman–Crippen MR) is 144 cm³/mol. The molecule has 33 heavy (non-hydrogen) atoms. The summed E-state index contributed by atoms with van der Waals surface area (Å²) in [6.07, 6.45) is 10.9. The number of nitrogens with zero attached hydrogens (tertiary/aromatic N) is 2. The number of thioether (sulfide) groups is 1. The molecule has 0 amide bonds. The second-order valence-electron chi connectivity index (χ2n) is 10.5. The summed E-state index contributed by atoms with van der Waals surface area (Å²) < 4.78 is 1.87. The molecule has 0 saturated carbocycles. The molecule has 0 spiro atoms. The van der Waals surface area contributed by atoms with Crippen LogP contribution in [0.1, 0.15) is 83.1 Å². The van der Waals surface area contributed by atoms with Crippen LogP contribution < -0.4 is 5.56 Å². The van der Waals surface area contributed by atoms with E-state index in [1.165, 1.54) is 49.0 Å². The number of aryl methyl sites for hydroxylation is 1. The van der Waals surface area contributed by atoms with Gasteiger partial charge in [0.05, 0.1) is 11.1 Å². The number of unbranched alkanes of at least 4 members (excludes halogenated alkanes) is 5. The molecule has 3 aromatic rings. The maximum atomic E-state index is 13.9. The van der Waals surface area contributed by atoms with Crippen molar-refractivity contribution in [1.82, 2.24) is 9.55 Å². The molecule has 0 bridgehead atoms. The summed E-state index contributed by atoms with van der Waals surface area (Å²) in [6.45, 7) is 9.28. The molecule has 0 N–H and O–H groups in total. The zero-order chi connectivity index (χ0) is 23.4. The van der Waals surface area contributed by atoms with Crippen molar-refractivity contribution in [2.75, 3.05) is 5.75 Å². The first-order valence-corrected chi connectivity index (χ1v) is 14.5. The van der Waals surface area contributed by atoms with Crippen LogP contribution in [0.25, 0.3) is 15.9 Å². The molecule has 2 heterocycles. The molecule has 1 aliphatic rings. The van der Waals surface area contributed by atoms with Crippen LogP contribution in [0.5, 0.6) is 0 Å². The van der Waals surface area contributed by atoms with Crippen molar-refractivity contribution in [3.8, 4) is 5.69 Å². The number of aromatic nitrogens is 2. The van der Waals surface area contributed by atoms with Crippen molar-refractivity contribution in [3.05, 3.63) is 51.1 Å². The minimum atomic E-state index is 0.114. The summed E-state index contributed by atoms with van der Waals surface area (Å²) >= 11 is 3.51. The second-order valence-corrected chi connectivity index (χ2v) is 12.6. The third kappa shape index (κ3) is 5.57. The summed E-state index contributed by atoms with van der Waals surface area (Å²) in [5.41, 5.74) is 2.60. The third-order valence-corrected chi connectivity index (χ3v) is 9.19. The maximum Gasteiger partial charge on any atom is 0.267 e. The van der Waals surface area contributed by atoms with Crippen molar-refractivity contribution in [3.63, 3.8) is 0 Å². The van der Waals surface area contributed by atoms with Gasteiger partial charge in [-0.05, 0) is 54.7 Å². The van der Waals surface area contributed by atoms with Crippen LogP contribution in [0.15, 0.2) is 40.3 Å². The molecule has 0 saturated heterocycles. The molecule has 3 nitrogen and oxygen atoms in total. The Morgan fingerprint density at radius 3 is 2.55 bits per heavy atom. The second kappa shape index (κ2) is 10.8. The number of hydrogen-bond acceptors (Lipinski definition) is 4. The highest BCUT2D eigenvalue weighted by Crippen LogP contribution is 2.42. The fraction of sp³-hybridized carbons (Fsp3) is 0.571. The smallest absolute Gasteiger partial charge is 0.267 e. The quantitative estimate of drug-likeness (QED) is 0.176. The topological polar surface area (TPSA) is 34.9 Å². The maximum absolute atomic E-state index is 13.9. The Labute approximate surface area is 207 Å². The molecular formula is C28H38N2OS2. The zero-order valence-electron chi connectivity index (χ0n) is 20.7. The first-order chi connectivity index (χ1) is 15.9. The SMILES string of the molecule is CCCCCCCCSc1nc2sc3c(c2c(=O)n1-c1ccccc1)CCC(C(C)(C)C)C3. The van der Waals surface area contributed by atoms with Gasteiger partial charge in [-0.15, -0.1) is 11.3 Å². The lowest BCUT2D eigenvalue weighted by Crippen LogP contribution is -2.27. The van der Waals surface area contributed by atoms with Crippen molar-refractivity contribution < 1.29 is 0 Å². The molecular weight excluding hydrogens is 444 g/mol. The summed E-state index contributed by atoms with van der Waals surface area (Å²) in [5, 5.41) is 1.72. The van der Waals surface area contributed by atoms with Crippen LogP contribution in [0.2, 0.25) is 0 Å². The van der Waals surface area contributed by atoms with Crippen LogP contribution in [-0.4, -0.2) is 15.3 Å². The number of fused-ring (bicyclic) bond motifs is 3. The minimum absolute atomic E-state index is 0.114. The Hall–Kier alpha value is -1.59. The molecule has 2 aromatic heterocycles.